The predicted molar refractivity (Wildman–Crippen MR) is 44.6 cm³/mol. The van der Waals surface area contributed by atoms with Crippen molar-refractivity contribution in [2.75, 3.05) is 26.3 Å². The average Bonchev–Trinajstić information content (AvgIpc) is 2.62. The van der Waals surface area contributed by atoms with Gasteiger partial charge in [0.1, 0.15) is 0 Å². The minimum absolute atomic E-state index is 0.467. The van der Waals surface area contributed by atoms with Crippen LogP contribution in [0.2, 0.25) is 0 Å². The molecular weight excluding hydrogens is 138 g/mol. The van der Waals surface area contributed by atoms with E-state index >= 15 is 0 Å². The highest BCUT2D eigenvalue weighted by atomic mass is 16.5. The van der Waals surface area contributed by atoms with Crippen LogP contribution >= 0.6 is 0 Å². The third-order valence-electron chi connectivity index (χ3n) is 3.21. The van der Waals surface area contributed by atoms with E-state index in [2.05, 4.69) is 11.8 Å². The highest BCUT2D eigenvalue weighted by molar-refractivity contribution is 4.97. The van der Waals surface area contributed by atoms with Crippen LogP contribution in [0.4, 0.5) is 0 Å². The second-order valence-corrected chi connectivity index (χ2v) is 3.71. The Hall–Kier alpha value is -0.0800. The number of likely N-dealkylation sites (N-methyl/N-ethyl adjacent to an activating group) is 1. The topological polar surface area (TPSA) is 12.5 Å². The van der Waals surface area contributed by atoms with Crippen molar-refractivity contribution in [2.45, 2.75) is 31.7 Å². The number of likely N-dealkylation sites (tertiary alicyclic amines) is 1. The maximum atomic E-state index is 5.47. The SMILES string of the molecule is CCN1CCCC12CCOC2. The van der Waals surface area contributed by atoms with Crippen molar-refractivity contribution in [1.29, 1.82) is 0 Å². The van der Waals surface area contributed by atoms with Gasteiger partial charge < -0.3 is 4.74 Å². The van der Waals surface area contributed by atoms with Crippen LogP contribution in [0.5, 0.6) is 0 Å². The lowest BCUT2D eigenvalue weighted by Gasteiger charge is -2.32. The lowest BCUT2D eigenvalue weighted by molar-refractivity contribution is 0.106. The molecule has 1 spiro atoms. The number of hydrogen-bond acceptors (Lipinski definition) is 2. The summed E-state index contributed by atoms with van der Waals surface area (Å²) >= 11 is 0. The van der Waals surface area contributed by atoms with Crippen LogP contribution in [-0.4, -0.2) is 36.7 Å². The molecule has 2 aliphatic heterocycles. The molecule has 1 atom stereocenters. The van der Waals surface area contributed by atoms with Crippen molar-refractivity contribution in [1.82, 2.24) is 4.90 Å². The number of nitrogens with zero attached hydrogens (tertiary/aromatic N) is 1. The normalized spacial score (nSPS) is 39.0. The standard InChI is InChI=1S/C9H17NO/c1-2-10-6-3-4-9(10)5-7-11-8-9/h2-8H2,1H3. The molecule has 1 unspecified atom stereocenters. The van der Waals surface area contributed by atoms with Crippen molar-refractivity contribution in [3.8, 4) is 0 Å². The van der Waals surface area contributed by atoms with Crippen LogP contribution < -0.4 is 0 Å². The van der Waals surface area contributed by atoms with E-state index in [4.69, 9.17) is 4.74 Å². The molecule has 2 saturated heterocycles. The molecule has 2 aliphatic rings. The first kappa shape index (κ1) is 7.56. The van der Waals surface area contributed by atoms with Crippen LogP contribution in [0.1, 0.15) is 26.2 Å². The largest absolute Gasteiger partial charge is 0.379 e. The Balaban J connectivity index is 2.09. The van der Waals surface area contributed by atoms with E-state index in [1.165, 1.54) is 32.4 Å². The molecule has 0 radical (unpaired) electrons. The second kappa shape index (κ2) is 2.76. The van der Waals surface area contributed by atoms with Gasteiger partial charge in [0.15, 0.2) is 0 Å². The molecule has 2 heterocycles. The number of ether oxygens (including phenoxy) is 1. The molecule has 0 aromatic rings. The van der Waals surface area contributed by atoms with Gasteiger partial charge in [-0.15, -0.1) is 0 Å². The average molecular weight is 155 g/mol. The molecule has 0 amide bonds. The highest BCUT2D eigenvalue weighted by Gasteiger charge is 2.42. The summed E-state index contributed by atoms with van der Waals surface area (Å²) < 4.78 is 5.47. The van der Waals surface area contributed by atoms with Crippen LogP contribution in [0.25, 0.3) is 0 Å². The fourth-order valence-electron chi connectivity index (χ4n) is 2.53. The van der Waals surface area contributed by atoms with E-state index in [0.29, 0.717) is 5.54 Å². The summed E-state index contributed by atoms with van der Waals surface area (Å²) in [5, 5.41) is 0. The van der Waals surface area contributed by atoms with E-state index in [9.17, 15) is 0 Å². The zero-order valence-corrected chi connectivity index (χ0v) is 7.31. The minimum atomic E-state index is 0.467. The summed E-state index contributed by atoms with van der Waals surface area (Å²) in [4.78, 5) is 2.60. The van der Waals surface area contributed by atoms with E-state index in [1.807, 2.05) is 0 Å². The molecule has 0 aliphatic carbocycles. The molecule has 2 fully saturated rings. The van der Waals surface area contributed by atoms with Gasteiger partial charge in [0.05, 0.1) is 6.61 Å². The van der Waals surface area contributed by atoms with Gasteiger partial charge in [-0.2, -0.15) is 0 Å². The Morgan fingerprint density at radius 2 is 2.36 bits per heavy atom. The van der Waals surface area contributed by atoms with E-state index in [0.717, 1.165) is 13.2 Å². The molecule has 11 heavy (non-hydrogen) atoms. The molecule has 2 rings (SSSR count). The molecule has 0 N–H and O–H groups in total. The number of hydrogen-bond donors (Lipinski definition) is 0. The van der Waals surface area contributed by atoms with Gasteiger partial charge in [0.2, 0.25) is 0 Å². The third kappa shape index (κ3) is 1.09. The summed E-state index contributed by atoms with van der Waals surface area (Å²) in [6.45, 7) is 6.71. The quantitative estimate of drug-likeness (QED) is 0.565. The molecule has 64 valence electrons. The Bertz CT molecular complexity index is 135. The first-order valence-electron chi connectivity index (χ1n) is 4.70. The minimum Gasteiger partial charge on any atom is -0.379 e. The van der Waals surface area contributed by atoms with Gasteiger partial charge in [0, 0.05) is 12.1 Å². The van der Waals surface area contributed by atoms with Crippen LogP contribution in [-0.2, 0) is 4.74 Å². The maximum absolute atomic E-state index is 5.47. The summed E-state index contributed by atoms with van der Waals surface area (Å²) in [5.74, 6) is 0. The van der Waals surface area contributed by atoms with E-state index in [-0.39, 0.29) is 0 Å². The van der Waals surface area contributed by atoms with E-state index < -0.39 is 0 Å². The summed E-state index contributed by atoms with van der Waals surface area (Å²) in [6, 6.07) is 0. The summed E-state index contributed by atoms with van der Waals surface area (Å²) in [5.41, 5.74) is 0.467. The Morgan fingerprint density at radius 3 is 3.00 bits per heavy atom. The first-order chi connectivity index (χ1) is 5.37. The fourth-order valence-corrected chi connectivity index (χ4v) is 2.53. The molecule has 0 saturated carbocycles. The van der Waals surface area contributed by atoms with Crippen LogP contribution in [0, 0.1) is 0 Å². The Labute approximate surface area is 68.5 Å². The molecular formula is C9H17NO. The third-order valence-corrected chi connectivity index (χ3v) is 3.21. The molecule has 2 heteroatoms. The van der Waals surface area contributed by atoms with Crippen LogP contribution in [0.15, 0.2) is 0 Å². The van der Waals surface area contributed by atoms with Crippen molar-refractivity contribution in [3.63, 3.8) is 0 Å². The molecule has 0 bridgehead atoms. The predicted octanol–water partition coefficient (Wildman–Crippen LogP) is 1.26. The smallest absolute Gasteiger partial charge is 0.0651 e. The maximum Gasteiger partial charge on any atom is 0.0651 e. The monoisotopic (exact) mass is 155 g/mol. The lowest BCUT2D eigenvalue weighted by Crippen LogP contribution is -2.44. The Morgan fingerprint density at radius 1 is 1.45 bits per heavy atom. The fraction of sp³-hybridized carbons (Fsp3) is 1.00. The van der Waals surface area contributed by atoms with Crippen molar-refractivity contribution < 1.29 is 4.74 Å². The van der Waals surface area contributed by atoms with Crippen LogP contribution in [0.3, 0.4) is 0 Å². The summed E-state index contributed by atoms with van der Waals surface area (Å²) in [6.07, 6.45) is 4.00. The van der Waals surface area contributed by atoms with Gasteiger partial charge in [-0.05, 0) is 32.4 Å². The van der Waals surface area contributed by atoms with Gasteiger partial charge in [-0.25, -0.2) is 0 Å². The van der Waals surface area contributed by atoms with Gasteiger partial charge in [-0.1, -0.05) is 6.92 Å². The number of rotatable bonds is 1. The zero-order chi connectivity index (χ0) is 7.73. The molecule has 0 aromatic carbocycles. The molecule has 2 nitrogen and oxygen atoms in total. The van der Waals surface area contributed by atoms with Crippen molar-refractivity contribution >= 4 is 0 Å². The van der Waals surface area contributed by atoms with Gasteiger partial charge >= 0.3 is 0 Å². The van der Waals surface area contributed by atoms with E-state index in [1.54, 1.807) is 0 Å². The summed E-state index contributed by atoms with van der Waals surface area (Å²) in [7, 11) is 0. The van der Waals surface area contributed by atoms with Crippen molar-refractivity contribution in [2.24, 2.45) is 0 Å². The lowest BCUT2D eigenvalue weighted by atomic mass is 9.95. The first-order valence-corrected chi connectivity index (χ1v) is 4.70. The van der Waals surface area contributed by atoms with Gasteiger partial charge in [-0.3, -0.25) is 4.90 Å². The molecule has 0 aromatic heterocycles. The second-order valence-electron chi connectivity index (χ2n) is 3.71. The van der Waals surface area contributed by atoms with Gasteiger partial charge in [0.25, 0.3) is 0 Å². The zero-order valence-electron chi connectivity index (χ0n) is 7.31. The highest BCUT2D eigenvalue weighted by Crippen LogP contribution is 2.35. The van der Waals surface area contributed by atoms with Crippen molar-refractivity contribution in [3.05, 3.63) is 0 Å². The Kier molecular flexibility index (Phi) is 1.90.